The molecule has 1 unspecified atom stereocenters. The Balaban J connectivity index is 1.81. The fourth-order valence-corrected chi connectivity index (χ4v) is 3.09. The Hall–Kier alpha value is -1.36. The van der Waals surface area contributed by atoms with Gasteiger partial charge in [-0.15, -0.1) is 5.10 Å². The van der Waals surface area contributed by atoms with E-state index in [1.807, 2.05) is 6.07 Å². The zero-order chi connectivity index (χ0) is 11.8. The molecule has 2 fully saturated rings. The number of anilines is 1. The first-order valence-corrected chi connectivity index (χ1v) is 6.15. The summed E-state index contributed by atoms with van der Waals surface area (Å²) in [6.45, 7) is 2.07. The van der Waals surface area contributed by atoms with Gasteiger partial charge in [0.2, 0.25) is 5.88 Å². The van der Waals surface area contributed by atoms with Crippen LogP contribution >= 0.6 is 0 Å². The maximum Gasteiger partial charge on any atom is 0.235 e. The minimum Gasteiger partial charge on any atom is -0.480 e. The molecule has 1 saturated carbocycles. The summed E-state index contributed by atoms with van der Waals surface area (Å²) in [5, 5.41) is 7.87. The van der Waals surface area contributed by atoms with Gasteiger partial charge >= 0.3 is 0 Å². The minimum atomic E-state index is 0.392. The van der Waals surface area contributed by atoms with Gasteiger partial charge in [0.25, 0.3) is 0 Å². The van der Waals surface area contributed by atoms with Gasteiger partial charge in [0, 0.05) is 25.2 Å². The molecular weight excluding hydrogens is 216 g/mol. The first kappa shape index (κ1) is 10.8. The van der Waals surface area contributed by atoms with Gasteiger partial charge in [0.1, 0.15) is 0 Å². The number of rotatable bonds is 2. The van der Waals surface area contributed by atoms with Crippen LogP contribution < -0.4 is 15.4 Å². The van der Waals surface area contributed by atoms with E-state index in [-0.39, 0.29) is 0 Å². The molecule has 2 heterocycles. The highest BCUT2D eigenvalue weighted by molar-refractivity contribution is 5.47. The quantitative estimate of drug-likeness (QED) is 0.814. The predicted octanol–water partition coefficient (Wildman–Crippen LogP) is 0.659. The van der Waals surface area contributed by atoms with Crippen LogP contribution in [0.4, 0.5) is 5.69 Å². The van der Waals surface area contributed by atoms with Crippen molar-refractivity contribution in [2.24, 2.45) is 17.6 Å². The molecular formula is C12H18N4O. The molecule has 2 aliphatic rings. The van der Waals surface area contributed by atoms with Crippen LogP contribution in [-0.2, 0) is 0 Å². The Kier molecular flexibility index (Phi) is 2.63. The van der Waals surface area contributed by atoms with E-state index in [1.54, 1.807) is 13.3 Å². The molecule has 1 aliphatic carbocycles. The van der Waals surface area contributed by atoms with Gasteiger partial charge in [0.15, 0.2) is 0 Å². The Labute approximate surface area is 101 Å². The number of methoxy groups -OCH3 is 1. The lowest BCUT2D eigenvalue weighted by Gasteiger charge is -2.37. The summed E-state index contributed by atoms with van der Waals surface area (Å²) in [6.07, 6.45) is 4.33. The molecule has 5 nitrogen and oxygen atoms in total. The summed E-state index contributed by atoms with van der Waals surface area (Å²) in [6, 6.07) is 2.34. The zero-order valence-corrected chi connectivity index (χ0v) is 10.0. The van der Waals surface area contributed by atoms with Crippen LogP contribution in [-0.4, -0.2) is 36.4 Å². The van der Waals surface area contributed by atoms with Crippen LogP contribution in [0, 0.1) is 11.8 Å². The number of hydrogen-bond acceptors (Lipinski definition) is 5. The van der Waals surface area contributed by atoms with E-state index in [4.69, 9.17) is 10.5 Å². The van der Waals surface area contributed by atoms with Gasteiger partial charge in [-0.25, -0.2) is 0 Å². The van der Waals surface area contributed by atoms with E-state index in [0.29, 0.717) is 23.8 Å². The molecule has 1 aromatic heterocycles. The second-order valence-corrected chi connectivity index (χ2v) is 5.04. The number of hydrogen-bond donors (Lipinski definition) is 1. The van der Waals surface area contributed by atoms with Crippen molar-refractivity contribution in [3.63, 3.8) is 0 Å². The SMILES string of the molecule is COc1cc(N2C[C@H]3CC[C@@H](C2)C3N)cnn1. The zero-order valence-electron chi connectivity index (χ0n) is 10.0. The van der Waals surface area contributed by atoms with Crippen molar-refractivity contribution in [3.8, 4) is 5.88 Å². The van der Waals surface area contributed by atoms with Crippen molar-refractivity contribution in [3.05, 3.63) is 12.3 Å². The van der Waals surface area contributed by atoms with Crippen LogP contribution in [0.1, 0.15) is 12.8 Å². The number of nitrogens with two attached hydrogens (primary N) is 1. The number of aromatic nitrogens is 2. The highest BCUT2D eigenvalue weighted by Gasteiger charge is 2.39. The molecule has 3 rings (SSSR count). The van der Waals surface area contributed by atoms with Gasteiger partial charge in [-0.05, 0) is 24.7 Å². The van der Waals surface area contributed by atoms with Gasteiger partial charge in [-0.2, -0.15) is 5.10 Å². The Morgan fingerprint density at radius 2 is 2.06 bits per heavy atom. The van der Waals surface area contributed by atoms with Crippen LogP contribution in [0.15, 0.2) is 12.3 Å². The number of fused-ring (bicyclic) bond motifs is 2. The van der Waals surface area contributed by atoms with E-state index in [9.17, 15) is 0 Å². The van der Waals surface area contributed by atoms with Gasteiger partial charge in [0.05, 0.1) is 19.0 Å². The second-order valence-electron chi connectivity index (χ2n) is 5.04. The first-order valence-electron chi connectivity index (χ1n) is 6.15. The van der Waals surface area contributed by atoms with E-state index >= 15 is 0 Å². The standard InChI is InChI=1S/C12H18N4O/c1-17-11-4-10(5-14-15-11)16-6-8-2-3-9(7-16)12(8)13/h4-5,8-9,12H,2-3,6-7,13H2,1H3/t8-,9+,12?. The molecule has 1 aliphatic heterocycles. The monoisotopic (exact) mass is 234 g/mol. The van der Waals surface area contributed by atoms with Gasteiger partial charge in [-0.1, -0.05) is 0 Å². The molecule has 2 N–H and O–H groups in total. The van der Waals surface area contributed by atoms with Crippen LogP contribution in [0.5, 0.6) is 5.88 Å². The number of nitrogens with zero attached hydrogens (tertiary/aromatic N) is 3. The molecule has 1 aromatic rings. The average Bonchev–Trinajstić information content (AvgIpc) is 2.61. The van der Waals surface area contributed by atoms with Gasteiger partial charge < -0.3 is 15.4 Å². The summed E-state index contributed by atoms with van der Waals surface area (Å²) < 4.78 is 5.11. The van der Waals surface area contributed by atoms with Crippen molar-refractivity contribution in [2.75, 3.05) is 25.1 Å². The van der Waals surface area contributed by atoms with Crippen molar-refractivity contribution in [1.29, 1.82) is 0 Å². The lowest BCUT2D eigenvalue weighted by Crippen LogP contribution is -2.48. The molecule has 0 amide bonds. The third kappa shape index (κ3) is 1.84. The smallest absolute Gasteiger partial charge is 0.235 e. The number of ether oxygens (including phenoxy) is 1. The second kappa shape index (κ2) is 4.14. The number of piperidine rings is 1. The molecule has 1 saturated heterocycles. The summed E-state index contributed by atoms with van der Waals surface area (Å²) in [4.78, 5) is 2.36. The summed E-state index contributed by atoms with van der Waals surface area (Å²) in [5.74, 6) is 1.84. The molecule has 2 bridgehead atoms. The van der Waals surface area contributed by atoms with E-state index in [1.165, 1.54) is 12.8 Å². The summed E-state index contributed by atoms with van der Waals surface area (Å²) >= 11 is 0. The van der Waals surface area contributed by atoms with E-state index < -0.39 is 0 Å². The topological polar surface area (TPSA) is 64.3 Å². The maximum absolute atomic E-state index is 6.20. The molecule has 5 heteroatoms. The van der Waals surface area contributed by atoms with Crippen LogP contribution in [0.3, 0.4) is 0 Å². The van der Waals surface area contributed by atoms with Crippen LogP contribution in [0.25, 0.3) is 0 Å². The fraction of sp³-hybridized carbons (Fsp3) is 0.667. The lowest BCUT2D eigenvalue weighted by atomic mass is 9.93. The fourth-order valence-electron chi connectivity index (χ4n) is 3.09. The summed E-state index contributed by atoms with van der Waals surface area (Å²) in [5.41, 5.74) is 7.30. The average molecular weight is 234 g/mol. The third-order valence-corrected chi connectivity index (χ3v) is 4.10. The molecule has 0 aromatic carbocycles. The van der Waals surface area contributed by atoms with Gasteiger partial charge in [-0.3, -0.25) is 0 Å². The predicted molar refractivity (Wildman–Crippen MR) is 65.0 cm³/mol. The summed E-state index contributed by atoms with van der Waals surface area (Å²) in [7, 11) is 1.61. The molecule has 0 spiro atoms. The Bertz CT molecular complexity index is 397. The normalized spacial score (nSPS) is 31.6. The van der Waals surface area contributed by atoms with Crippen molar-refractivity contribution in [1.82, 2.24) is 10.2 Å². The largest absolute Gasteiger partial charge is 0.480 e. The lowest BCUT2D eigenvalue weighted by molar-refractivity contribution is 0.354. The molecule has 3 atom stereocenters. The van der Waals surface area contributed by atoms with Crippen LogP contribution in [0.2, 0.25) is 0 Å². The van der Waals surface area contributed by atoms with Crippen molar-refractivity contribution < 1.29 is 4.74 Å². The Morgan fingerprint density at radius 3 is 2.71 bits per heavy atom. The highest BCUT2D eigenvalue weighted by atomic mass is 16.5. The van der Waals surface area contributed by atoms with E-state index in [0.717, 1.165) is 18.8 Å². The van der Waals surface area contributed by atoms with E-state index in [2.05, 4.69) is 15.1 Å². The highest BCUT2D eigenvalue weighted by Crippen LogP contribution is 2.37. The Morgan fingerprint density at radius 1 is 1.35 bits per heavy atom. The van der Waals surface area contributed by atoms with Crippen molar-refractivity contribution in [2.45, 2.75) is 18.9 Å². The minimum absolute atomic E-state index is 0.392. The first-order chi connectivity index (χ1) is 8.28. The molecule has 0 radical (unpaired) electrons. The molecule has 17 heavy (non-hydrogen) atoms. The third-order valence-electron chi connectivity index (χ3n) is 4.10. The molecule has 92 valence electrons. The maximum atomic E-state index is 6.20. The van der Waals surface area contributed by atoms with Crippen molar-refractivity contribution >= 4 is 5.69 Å².